The fraction of sp³-hybridized carbons (Fsp3) is 0.120. The summed E-state index contributed by atoms with van der Waals surface area (Å²) >= 11 is 1.27. The number of aryl methyl sites for hydroxylation is 1. The van der Waals surface area contributed by atoms with Crippen LogP contribution in [0.25, 0.3) is 17.1 Å². The summed E-state index contributed by atoms with van der Waals surface area (Å²) < 4.78 is 7.01. The molecule has 172 valence electrons. The minimum atomic E-state index is -0.285. The molecule has 0 bridgehead atoms. The van der Waals surface area contributed by atoms with Crippen LogP contribution in [0.4, 0.5) is 0 Å². The Balaban J connectivity index is 1.48. The minimum Gasteiger partial charge on any atom is -0.504 e. The van der Waals surface area contributed by atoms with Gasteiger partial charge in [-0.05, 0) is 42.8 Å². The van der Waals surface area contributed by atoms with Gasteiger partial charge in [0.2, 0.25) is 0 Å². The molecular weight excluding hydrogens is 450 g/mol. The molecule has 1 amide bonds. The molecule has 0 aliphatic carbocycles. The van der Waals surface area contributed by atoms with E-state index in [9.17, 15) is 9.90 Å². The molecule has 4 rings (SSSR count). The molecule has 0 unspecified atom stereocenters. The molecule has 0 saturated carbocycles. The minimum absolute atomic E-state index is 0.0349. The predicted molar refractivity (Wildman–Crippen MR) is 133 cm³/mol. The molecule has 9 heteroatoms. The lowest BCUT2D eigenvalue weighted by Crippen LogP contribution is -2.20. The van der Waals surface area contributed by atoms with Gasteiger partial charge in [0.05, 0.1) is 19.1 Å². The molecule has 0 atom stereocenters. The highest BCUT2D eigenvalue weighted by Gasteiger charge is 2.17. The van der Waals surface area contributed by atoms with Crippen molar-refractivity contribution in [3.8, 4) is 28.6 Å². The van der Waals surface area contributed by atoms with Crippen LogP contribution in [-0.2, 0) is 4.79 Å². The van der Waals surface area contributed by atoms with Crippen LogP contribution in [0.5, 0.6) is 11.5 Å². The van der Waals surface area contributed by atoms with Gasteiger partial charge >= 0.3 is 0 Å². The lowest BCUT2D eigenvalue weighted by atomic mass is 10.2. The van der Waals surface area contributed by atoms with Crippen molar-refractivity contribution in [3.05, 3.63) is 83.9 Å². The maximum absolute atomic E-state index is 12.4. The quantitative estimate of drug-likeness (QED) is 0.226. The van der Waals surface area contributed by atoms with Gasteiger partial charge in [0.15, 0.2) is 22.5 Å². The summed E-state index contributed by atoms with van der Waals surface area (Å²) in [5.74, 6) is 0.885. The first kappa shape index (κ1) is 23.1. The Morgan fingerprint density at radius 3 is 2.62 bits per heavy atom. The Labute approximate surface area is 201 Å². The number of carbonyl (C=O) groups excluding carboxylic acids is 1. The largest absolute Gasteiger partial charge is 0.504 e. The Morgan fingerprint density at radius 2 is 1.88 bits per heavy atom. The van der Waals surface area contributed by atoms with E-state index < -0.39 is 0 Å². The number of carbonyl (C=O) groups is 1. The number of hydrogen-bond acceptors (Lipinski definition) is 7. The highest BCUT2D eigenvalue weighted by Crippen LogP contribution is 2.28. The van der Waals surface area contributed by atoms with Crippen LogP contribution in [0, 0.1) is 6.92 Å². The van der Waals surface area contributed by atoms with E-state index in [0.29, 0.717) is 22.3 Å². The van der Waals surface area contributed by atoms with Crippen LogP contribution in [0.3, 0.4) is 0 Å². The van der Waals surface area contributed by atoms with Gasteiger partial charge < -0.3 is 9.84 Å². The molecule has 0 radical (unpaired) electrons. The Kier molecular flexibility index (Phi) is 7.24. The van der Waals surface area contributed by atoms with E-state index in [0.717, 1.165) is 16.8 Å². The number of phenols is 1. The molecule has 0 aliphatic rings. The Morgan fingerprint density at radius 1 is 1.12 bits per heavy atom. The van der Waals surface area contributed by atoms with E-state index in [1.54, 1.807) is 12.1 Å². The second-order valence-corrected chi connectivity index (χ2v) is 8.30. The maximum atomic E-state index is 12.4. The number of phenolic OH excluding ortho intramolecular Hbond substituents is 1. The van der Waals surface area contributed by atoms with Gasteiger partial charge in [-0.2, -0.15) is 5.10 Å². The summed E-state index contributed by atoms with van der Waals surface area (Å²) in [7, 11) is 1.47. The van der Waals surface area contributed by atoms with Gasteiger partial charge in [-0.1, -0.05) is 59.8 Å². The molecule has 2 N–H and O–H groups in total. The molecule has 34 heavy (non-hydrogen) atoms. The number of benzene rings is 3. The first-order valence-corrected chi connectivity index (χ1v) is 11.4. The van der Waals surface area contributed by atoms with Gasteiger partial charge in [-0.25, -0.2) is 5.43 Å². The molecule has 0 spiro atoms. The average Bonchev–Trinajstić information content (AvgIpc) is 3.29. The van der Waals surface area contributed by atoms with Crippen molar-refractivity contribution in [2.75, 3.05) is 12.9 Å². The number of aromatic nitrogens is 3. The first-order chi connectivity index (χ1) is 16.5. The number of aromatic hydroxyl groups is 1. The van der Waals surface area contributed by atoms with Crippen molar-refractivity contribution in [2.24, 2.45) is 5.10 Å². The van der Waals surface area contributed by atoms with Crippen molar-refractivity contribution in [3.63, 3.8) is 0 Å². The molecule has 4 aromatic rings. The number of amides is 1. The smallest absolute Gasteiger partial charge is 0.250 e. The average molecular weight is 474 g/mol. The van der Waals surface area contributed by atoms with Crippen LogP contribution in [0.1, 0.15) is 11.1 Å². The predicted octanol–water partition coefficient (Wildman–Crippen LogP) is 4.20. The molecule has 0 saturated heterocycles. The van der Waals surface area contributed by atoms with Crippen LogP contribution in [0.2, 0.25) is 0 Å². The summed E-state index contributed by atoms with van der Waals surface area (Å²) in [6.45, 7) is 2.03. The zero-order valence-corrected chi connectivity index (χ0v) is 19.5. The molecular formula is C25H23N5O3S. The number of thioether (sulfide) groups is 1. The summed E-state index contributed by atoms with van der Waals surface area (Å²) in [5.41, 5.74) is 6.18. The van der Waals surface area contributed by atoms with Crippen molar-refractivity contribution >= 4 is 23.9 Å². The van der Waals surface area contributed by atoms with Crippen molar-refractivity contribution in [2.45, 2.75) is 12.1 Å². The summed E-state index contributed by atoms with van der Waals surface area (Å²) in [6.07, 6.45) is 1.48. The van der Waals surface area contributed by atoms with Crippen LogP contribution in [-0.4, -0.2) is 44.9 Å². The summed E-state index contributed by atoms with van der Waals surface area (Å²) in [4.78, 5) is 12.4. The molecule has 8 nitrogen and oxygen atoms in total. The lowest BCUT2D eigenvalue weighted by molar-refractivity contribution is -0.118. The Hall–Kier alpha value is -4.11. The second-order valence-electron chi connectivity index (χ2n) is 7.36. The molecule has 3 aromatic carbocycles. The van der Waals surface area contributed by atoms with E-state index in [1.807, 2.05) is 66.1 Å². The van der Waals surface area contributed by atoms with Crippen LogP contribution >= 0.6 is 11.8 Å². The number of rotatable bonds is 8. The number of ether oxygens (including phenoxy) is 1. The van der Waals surface area contributed by atoms with Gasteiger partial charge in [0.25, 0.3) is 5.91 Å². The third-order valence-corrected chi connectivity index (χ3v) is 5.83. The number of nitrogens with zero attached hydrogens (tertiary/aromatic N) is 4. The van der Waals surface area contributed by atoms with E-state index >= 15 is 0 Å². The highest BCUT2D eigenvalue weighted by atomic mass is 32.2. The highest BCUT2D eigenvalue weighted by molar-refractivity contribution is 7.99. The molecule has 1 aromatic heterocycles. The van der Waals surface area contributed by atoms with E-state index in [-0.39, 0.29) is 17.4 Å². The fourth-order valence-corrected chi connectivity index (χ4v) is 3.92. The van der Waals surface area contributed by atoms with Gasteiger partial charge in [0, 0.05) is 11.3 Å². The second kappa shape index (κ2) is 10.7. The van der Waals surface area contributed by atoms with Crippen molar-refractivity contribution in [1.29, 1.82) is 0 Å². The van der Waals surface area contributed by atoms with Crippen LogP contribution in [0.15, 0.2) is 83.1 Å². The Bertz CT molecular complexity index is 1300. The SMILES string of the molecule is COc1cc(/C=N\NC(=O)CSc2nnc(-c3ccccc3)n2-c2ccc(C)cc2)ccc1O. The summed E-state index contributed by atoms with van der Waals surface area (Å²) in [5, 5.41) is 23.0. The van der Waals surface area contributed by atoms with E-state index in [2.05, 4.69) is 20.7 Å². The molecule has 1 heterocycles. The maximum Gasteiger partial charge on any atom is 0.250 e. The third-order valence-electron chi connectivity index (χ3n) is 4.90. The van der Waals surface area contributed by atoms with Crippen LogP contribution < -0.4 is 10.2 Å². The molecule has 0 fully saturated rings. The lowest BCUT2D eigenvalue weighted by Gasteiger charge is -2.10. The topological polar surface area (TPSA) is 102 Å². The number of methoxy groups -OCH3 is 1. The number of hydrazone groups is 1. The third kappa shape index (κ3) is 5.44. The monoisotopic (exact) mass is 473 g/mol. The normalized spacial score (nSPS) is 11.0. The zero-order chi connectivity index (χ0) is 23.9. The van der Waals surface area contributed by atoms with Crippen molar-refractivity contribution < 1.29 is 14.6 Å². The zero-order valence-electron chi connectivity index (χ0n) is 18.7. The van der Waals surface area contributed by atoms with E-state index in [4.69, 9.17) is 4.74 Å². The number of hydrogen-bond donors (Lipinski definition) is 2. The van der Waals surface area contributed by atoms with E-state index in [1.165, 1.54) is 31.2 Å². The fourth-order valence-electron chi connectivity index (χ4n) is 3.18. The summed E-state index contributed by atoms with van der Waals surface area (Å²) in [6, 6.07) is 22.6. The van der Waals surface area contributed by atoms with Gasteiger partial charge in [-0.15, -0.1) is 10.2 Å². The van der Waals surface area contributed by atoms with Crippen molar-refractivity contribution in [1.82, 2.24) is 20.2 Å². The number of nitrogens with one attached hydrogen (secondary N) is 1. The van der Waals surface area contributed by atoms with Gasteiger partial charge in [-0.3, -0.25) is 9.36 Å². The van der Waals surface area contributed by atoms with Gasteiger partial charge in [0.1, 0.15) is 0 Å². The standard InChI is InChI=1S/C25H23N5O3S/c1-17-8-11-20(12-9-17)30-24(19-6-4-3-5-7-19)28-29-25(30)34-16-23(32)27-26-15-18-10-13-21(31)22(14-18)33-2/h3-15,31H,16H2,1-2H3,(H,27,32)/b26-15-. The first-order valence-electron chi connectivity index (χ1n) is 10.4. The molecule has 0 aliphatic heterocycles.